The first-order valence-electron chi connectivity index (χ1n) is 15.4. The molecule has 0 aliphatic carbocycles. The summed E-state index contributed by atoms with van der Waals surface area (Å²) in [6.07, 6.45) is -2.44. The number of nitrogens with zero attached hydrogens (tertiary/aromatic N) is 2. The fourth-order valence-corrected chi connectivity index (χ4v) is 3.96. The molecule has 0 radical (unpaired) electrons. The summed E-state index contributed by atoms with van der Waals surface area (Å²) in [6, 6.07) is 11.9. The number of carboxylic acids is 2. The quantitative estimate of drug-likeness (QED) is 0.0753. The van der Waals surface area contributed by atoms with Gasteiger partial charge >= 0.3 is 12.1 Å². The van der Waals surface area contributed by atoms with Gasteiger partial charge in [-0.3, -0.25) is 29.2 Å². The summed E-state index contributed by atoms with van der Waals surface area (Å²) in [5, 5.41) is 30.8. The molecule has 0 fully saturated rings. The molecule has 2 amide bonds. The van der Waals surface area contributed by atoms with E-state index in [0.717, 1.165) is 18.9 Å². The number of anilines is 3. The Balaban J connectivity index is 0.00000102. The number of hydrogen-bond donors (Lipinski definition) is 8. The van der Waals surface area contributed by atoms with Crippen LogP contribution >= 0.6 is 0 Å². The molecule has 3 rings (SSSR count). The zero-order valence-corrected chi connectivity index (χ0v) is 28.7. The number of amides is 2. The third-order valence-corrected chi connectivity index (χ3v) is 6.26. The summed E-state index contributed by atoms with van der Waals surface area (Å²) in [6.45, 7) is 8.92. The molecule has 1 aromatic heterocycles. The Labute approximate surface area is 291 Å². The number of halogens is 3. The van der Waals surface area contributed by atoms with E-state index in [4.69, 9.17) is 36.7 Å². The SMILES string of the molecule is CC(=O)O.CC(C)CCC(=O)Nc1cc(N)cc(-c2cnc(NC(C)C)c(=O)n2CC(=O)NCc2ccc(C(=N)N)cc2)c1.O=C(O)C(F)(F)F. The maximum absolute atomic E-state index is 13.4. The largest absolute Gasteiger partial charge is 0.490 e. The molecular formula is C33H43F3N8O7. The highest BCUT2D eigenvalue weighted by Crippen LogP contribution is 2.26. The van der Waals surface area contributed by atoms with E-state index in [1.807, 2.05) is 13.8 Å². The highest BCUT2D eigenvalue weighted by Gasteiger charge is 2.38. The topological polar surface area (TPSA) is 256 Å². The van der Waals surface area contributed by atoms with Gasteiger partial charge in [0.25, 0.3) is 11.5 Å². The van der Waals surface area contributed by atoms with Crippen LogP contribution in [0.4, 0.5) is 30.4 Å². The Morgan fingerprint density at radius 3 is 2.06 bits per heavy atom. The van der Waals surface area contributed by atoms with Crippen LogP contribution < -0.4 is 33.0 Å². The summed E-state index contributed by atoms with van der Waals surface area (Å²) in [5.74, 6) is -3.62. The van der Waals surface area contributed by atoms with E-state index < -0.39 is 23.7 Å². The molecule has 0 unspecified atom stereocenters. The standard InChI is InChI=1S/C29H38N8O3.C2HF3O2.C2H4O2/c1-17(2)5-10-25(38)36-23-12-21(11-22(30)13-23)24-15-34-28(35-18(3)4)29(40)37(24)16-26(39)33-14-19-6-8-20(9-7-19)27(31)32;3-2(4,5)1(6)7;1-2(3)4/h6-9,11-13,15,17-18H,5,10,14,16,30H2,1-4H3,(H3,31,32)(H,33,39)(H,34,35)(H,36,38);(H,6,7);1H3,(H,3,4). The molecule has 2 aromatic carbocycles. The number of carbonyl (C=O) groups excluding carboxylic acids is 2. The number of amidine groups is 1. The molecule has 51 heavy (non-hydrogen) atoms. The van der Waals surface area contributed by atoms with E-state index in [9.17, 15) is 27.6 Å². The molecule has 1 heterocycles. The minimum absolute atomic E-state index is 0.0363. The van der Waals surface area contributed by atoms with Gasteiger partial charge in [-0.25, -0.2) is 9.78 Å². The van der Waals surface area contributed by atoms with Crippen molar-refractivity contribution in [3.63, 3.8) is 0 Å². The summed E-state index contributed by atoms with van der Waals surface area (Å²) < 4.78 is 33.1. The average Bonchev–Trinajstić information content (AvgIpc) is 3.00. The fourth-order valence-electron chi connectivity index (χ4n) is 3.96. The maximum atomic E-state index is 13.4. The monoisotopic (exact) mass is 720 g/mol. The lowest BCUT2D eigenvalue weighted by atomic mass is 10.1. The first-order chi connectivity index (χ1) is 23.6. The second kappa shape index (κ2) is 19.9. The van der Waals surface area contributed by atoms with E-state index in [2.05, 4.69) is 34.8 Å². The summed E-state index contributed by atoms with van der Waals surface area (Å²) in [5.41, 5.74) is 14.4. The molecule has 0 atom stereocenters. The molecular weight excluding hydrogens is 677 g/mol. The number of carboxylic acid groups (broad SMARTS) is 2. The van der Waals surface area contributed by atoms with E-state index in [-0.39, 0.29) is 42.6 Å². The van der Waals surface area contributed by atoms with Crippen molar-refractivity contribution in [1.29, 1.82) is 5.41 Å². The van der Waals surface area contributed by atoms with E-state index >= 15 is 0 Å². The van der Waals surface area contributed by atoms with Gasteiger partial charge in [0.1, 0.15) is 12.4 Å². The van der Waals surface area contributed by atoms with Crippen LogP contribution in [-0.2, 0) is 32.3 Å². The smallest absolute Gasteiger partial charge is 0.481 e. The lowest BCUT2D eigenvalue weighted by Crippen LogP contribution is -2.35. The first-order valence-corrected chi connectivity index (χ1v) is 15.4. The fraction of sp³-hybridized carbons (Fsp3) is 0.364. The number of nitrogen functional groups attached to an aromatic ring is 2. The van der Waals surface area contributed by atoms with Gasteiger partial charge in [-0.2, -0.15) is 13.2 Å². The zero-order chi connectivity index (χ0) is 39.1. The van der Waals surface area contributed by atoms with Gasteiger partial charge < -0.3 is 37.6 Å². The Morgan fingerprint density at radius 2 is 1.57 bits per heavy atom. The van der Waals surface area contributed by atoms with Crippen LogP contribution in [0.5, 0.6) is 0 Å². The molecule has 3 aromatic rings. The Bertz CT molecular complexity index is 1740. The van der Waals surface area contributed by atoms with Crippen LogP contribution in [0.2, 0.25) is 0 Å². The van der Waals surface area contributed by atoms with E-state index in [1.165, 1.54) is 10.8 Å². The van der Waals surface area contributed by atoms with Crippen LogP contribution in [0.1, 0.15) is 58.6 Å². The van der Waals surface area contributed by atoms with Gasteiger partial charge in [0.15, 0.2) is 5.82 Å². The average molecular weight is 721 g/mol. The number of aliphatic carboxylic acids is 2. The second-order valence-electron chi connectivity index (χ2n) is 11.7. The third kappa shape index (κ3) is 16.3. The molecule has 0 aliphatic rings. The van der Waals surface area contributed by atoms with Crippen LogP contribution in [0, 0.1) is 11.3 Å². The number of benzene rings is 2. The Kier molecular flexibility index (Phi) is 16.8. The predicted molar refractivity (Wildman–Crippen MR) is 186 cm³/mol. The van der Waals surface area contributed by atoms with Crippen molar-refractivity contribution >= 4 is 46.8 Å². The van der Waals surface area contributed by atoms with Gasteiger partial charge in [0, 0.05) is 48.4 Å². The number of nitrogens with two attached hydrogens (primary N) is 2. The van der Waals surface area contributed by atoms with E-state index in [1.54, 1.807) is 42.5 Å². The van der Waals surface area contributed by atoms with Crippen LogP contribution in [0.3, 0.4) is 0 Å². The van der Waals surface area contributed by atoms with Crippen LogP contribution in [0.25, 0.3) is 11.3 Å². The molecule has 278 valence electrons. The molecule has 0 spiro atoms. The van der Waals surface area contributed by atoms with Crippen molar-refractivity contribution in [3.8, 4) is 11.3 Å². The van der Waals surface area contributed by atoms with Gasteiger partial charge in [-0.05, 0) is 49.9 Å². The number of aromatic nitrogens is 2. The van der Waals surface area contributed by atoms with Crippen molar-refractivity contribution in [2.45, 2.75) is 72.8 Å². The molecule has 0 bridgehead atoms. The molecule has 0 saturated carbocycles. The van der Waals surface area contributed by atoms with Gasteiger partial charge in [-0.1, -0.05) is 38.1 Å². The number of carbonyl (C=O) groups is 4. The van der Waals surface area contributed by atoms with Crippen molar-refractivity contribution in [1.82, 2.24) is 14.9 Å². The minimum atomic E-state index is -5.08. The first kappa shape index (κ1) is 43.1. The zero-order valence-electron chi connectivity index (χ0n) is 28.7. The number of rotatable bonds is 12. The van der Waals surface area contributed by atoms with Crippen molar-refractivity contribution in [2.24, 2.45) is 11.7 Å². The molecule has 18 heteroatoms. The number of nitrogens with one attached hydrogen (secondary N) is 4. The van der Waals surface area contributed by atoms with Crippen molar-refractivity contribution in [3.05, 3.63) is 70.1 Å². The van der Waals surface area contributed by atoms with Crippen LogP contribution in [-0.4, -0.2) is 61.6 Å². The Morgan fingerprint density at radius 1 is 1.00 bits per heavy atom. The highest BCUT2D eigenvalue weighted by molar-refractivity contribution is 5.95. The molecule has 10 N–H and O–H groups in total. The molecule has 0 saturated heterocycles. The number of alkyl halides is 3. The number of hydrogen-bond acceptors (Lipinski definition) is 9. The van der Waals surface area contributed by atoms with Gasteiger partial charge in [0.05, 0.1) is 11.9 Å². The van der Waals surface area contributed by atoms with E-state index in [0.29, 0.717) is 40.5 Å². The lowest BCUT2D eigenvalue weighted by Gasteiger charge is -2.17. The lowest BCUT2D eigenvalue weighted by molar-refractivity contribution is -0.192. The van der Waals surface area contributed by atoms with Crippen molar-refractivity contribution < 1.29 is 42.6 Å². The minimum Gasteiger partial charge on any atom is -0.481 e. The summed E-state index contributed by atoms with van der Waals surface area (Å²) in [7, 11) is 0. The third-order valence-electron chi connectivity index (χ3n) is 6.26. The molecule has 0 aliphatic heterocycles. The van der Waals surface area contributed by atoms with Crippen molar-refractivity contribution in [2.75, 3.05) is 16.4 Å². The molecule has 15 nitrogen and oxygen atoms in total. The summed E-state index contributed by atoms with van der Waals surface area (Å²) in [4.78, 5) is 61.1. The van der Waals surface area contributed by atoms with Crippen LogP contribution in [0.15, 0.2) is 53.5 Å². The normalized spacial score (nSPS) is 10.6. The second-order valence-corrected chi connectivity index (χ2v) is 11.7. The predicted octanol–water partition coefficient (Wildman–Crippen LogP) is 4.01. The van der Waals surface area contributed by atoms with Gasteiger partial charge in [-0.15, -0.1) is 0 Å². The van der Waals surface area contributed by atoms with Gasteiger partial charge in [0.2, 0.25) is 11.8 Å². The Hall–Kier alpha value is -5.94. The highest BCUT2D eigenvalue weighted by atomic mass is 19.4. The summed E-state index contributed by atoms with van der Waals surface area (Å²) >= 11 is 0. The maximum Gasteiger partial charge on any atom is 0.490 e.